The van der Waals surface area contributed by atoms with Crippen LogP contribution in [0, 0.1) is 0 Å². The zero-order valence-corrected chi connectivity index (χ0v) is 21.3. The highest BCUT2D eigenvalue weighted by Crippen LogP contribution is 2.34. The Bertz CT molecular complexity index is 1160. The Kier molecular flexibility index (Phi) is 8.46. The molecule has 35 heavy (non-hydrogen) atoms. The molecule has 5 nitrogen and oxygen atoms in total. The summed E-state index contributed by atoms with van der Waals surface area (Å²) in [6.45, 7) is 5.20. The largest absolute Gasteiger partial charge is 0.475 e. The number of halogens is 4. The molecular formula is C25H26ClF3N2O3S. The second kappa shape index (κ2) is 11.0. The summed E-state index contributed by atoms with van der Waals surface area (Å²) in [7, 11) is 1.82. The van der Waals surface area contributed by atoms with Crippen molar-refractivity contribution in [3.8, 4) is 17.0 Å². The van der Waals surface area contributed by atoms with E-state index in [4.69, 9.17) is 21.1 Å². The van der Waals surface area contributed by atoms with Gasteiger partial charge in [0.05, 0.1) is 27.9 Å². The van der Waals surface area contributed by atoms with Gasteiger partial charge in [-0.1, -0.05) is 29.8 Å². The molecule has 0 fully saturated rings. The van der Waals surface area contributed by atoms with E-state index in [0.29, 0.717) is 28.5 Å². The molecule has 0 saturated carbocycles. The lowest BCUT2D eigenvalue weighted by molar-refractivity contribution is -0.158. The number of carbonyl (C=O) groups excluding carboxylic acids is 1. The molecule has 0 spiro atoms. The fourth-order valence-electron chi connectivity index (χ4n) is 3.37. The predicted molar refractivity (Wildman–Crippen MR) is 131 cm³/mol. The molecule has 1 aromatic heterocycles. The first kappa shape index (κ1) is 27.0. The van der Waals surface area contributed by atoms with Gasteiger partial charge in [0, 0.05) is 23.4 Å². The van der Waals surface area contributed by atoms with Crippen molar-refractivity contribution in [1.82, 2.24) is 10.3 Å². The van der Waals surface area contributed by atoms with Gasteiger partial charge in [0.2, 0.25) is 0 Å². The lowest BCUT2D eigenvalue weighted by atomic mass is 10.0. The molecule has 0 amide bonds. The van der Waals surface area contributed by atoms with Gasteiger partial charge in [-0.25, -0.2) is 9.78 Å². The fourth-order valence-corrected chi connectivity index (χ4v) is 4.44. The van der Waals surface area contributed by atoms with Gasteiger partial charge in [-0.15, -0.1) is 11.3 Å². The van der Waals surface area contributed by atoms with Crippen LogP contribution in [0.5, 0.6) is 5.75 Å². The van der Waals surface area contributed by atoms with Crippen molar-refractivity contribution in [1.29, 1.82) is 0 Å². The number of rotatable bonds is 9. The summed E-state index contributed by atoms with van der Waals surface area (Å²) in [6, 6.07) is 10.2. The molecule has 1 unspecified atom stereocenters. The second-order valence-electron chi connectivity index (χ2n) is 8.27. The van der Waals surface area contributed by atoms with Crippen LogP contribution in [0.4, 0.5) is 13.2 Å². The van der Waals surface area contributed by atoms with E-state index < -0.39 is 23.3 Å². The van der Waals surface area contributed by atoms with Crippen LogP contribution in [0.1, 0.15) is 42.9 Å². The molecule has 2 aromatic carbocycles. The second-order valence-corrected chi connectivity index (χ2v) is 9.62. The van der Waals surface area contributed by atoms with Gasteiger partial charge in [-0.3, -0.25) is 0 Å². The summed E-state index contributed by atoms with van der Waals surface area (Å²) in [5.41, 5.74) is 0.248. The average molecular weight is 527 g/mol. The monoisotopic (exact) mass is 526 g/mol. The highest BCUT2D eigenvalue weighted by molar-refractivity contribution is 7.09. The minimum Gasteiger partial charge on any atom is -0.475 e. The molecule has 188 valence electrons. The molecule has 3 rings (SSSR count). The molecule has 1 heterocycles. The number of aromatic nitrogens is 1. The average Bonchev–Trinajstić information content (AvgIpc) is 3.27. The molecule has 0 bridgehead atoms. The highest BCUT2D eigenvalue weighted by Gasteiger charge is 2.32. The fraction of sp³-hybridized carbons (Fsp3) is 0.360. The maximum atomic E-state index is 12.8. The maximum Gasteiger partial charge on any atom is 0.416 e. The third kappa shape index (κ3) is 6.74. The first-order valence-electron chi connectivity index (χ1n) is 10.9. The maximum absolute atomic E-state index is 12.8. The standard InChI is InChI=1S/C25H26ClF3N2O3S/c1-5-33-23(32)24(2,3)34-21-11-8-16(12-18(21)26)19(30-4)13-22-31-20(14-35-22)15-6-9-17(10-7-15)25(27,28)29/h6-12,14,19,30H,5,13H2,1-4H3. The SMILES string of the molecule is CCOC(=O)C(C)(C)Oc1ccc(C(Cc2nc(-c3ccc(C(F)(F)F)cc3)cs2)NC)cc1Cl. The Labute approximate surface area is 211 Å². The zero-order valence-electron chi connectivity index (χ0n) is 19.7. The number of likely N-dealkylation sites (N-methyl/N-ethyl adjacent to an activating group) is 1. The van der Waals surface area contributed by atoms with Crippen molar-refractivity contribution in [3.05, 3.63) is 69.0 Å². The van der Waals surface area contributed by atoms with Crippen LogP contribution in [0.15, 0.2) is 47.8 Å². The van der Waals surface area contributed by atoms with Crippen LogP contribution in [0.25, 0.3) is 11.3 Å². The van der Waals surface area contributed by atoms with Crippen LogP contribution in [0.3, 0.4) is 0 Å². The van der Waals surface area contributed by atoms with E-state index in [1.165, 1.54) is 23.5 Å². The van der Waals surface area contributed by atoms with E-state index >= 15 is 0 Å². The molecule has 0 aliphatic carbocycles. The van der Waals surface area contributed by atoms with Gasteiger partial charge < -0.3 is 14.8 Å². The molecule has 1 atom stereocenters. The van der Waals surface area contributed by atoms with Gasteiger partial charge in [-0.05, 0) is 57.6 Å². The number of nitrogens with one attached hydrogen (secondary N) is 1. The predicted octanol–water partition coefficient (Wildman–Crippen LogP) is 6.71. The molecule has 10 heteroatoms. The normalized spacial score (nSPS) is 12.9. The van der Waals surface area contributed by atoms with Crippen LogP contribution in [-0.4, -0.2) is 30.2 Å². The van der Waals surface area contributed by atoms with Crippen molar-refractivity contribution in [2.24, 2.45) is 0 Å². The molecule has 0 saturated heterocycles. The molecule has 0 aliphatic rings. The van der Waals surface area contributed by atoms with Crippen molar-refractivity contribution >= 4 is 28.9 Å². The number of carbonyl (C=O) groups is 1. The number of alkyl halides is 3. The Morgan fingerprint density at radius 2 is 1.86 bits per heavy atom. The van der Waals surface area contributed by atoms with Gasteiger partial charge in [0.25, 0.3) is 0 Å². The number of thiazole rings is 1. The number of ether oxygens (including phenoxy) is 2. The summed E-state index contributed by atoms with van der Waals surface area (Å²) in [6.07, 6.45) is -3.82. The smallest absolute Gasteiger partial charge is 0.416 e. The van der Waals surface area contributed by atoms with Crippen molar-refractivity contribution in [3.63, 3.8) is 0 Å². The Morgan fingerprint density at radius 1 is 1.17 bits per heavy atom. The quantitative estimate of drug-likeness (QED) is 0.314. The third-order valence-corrected chi connectivity index (χ3v) is 6.44. The van der Waals surface area contributed by atoms with Gasteiger partial charge in [-0.2, -0.15) is 13.2 Å². The van der Waals surface area contributed by atoms with Crippen molar-refractivity contribution < 1.29 is 27.4 Å². The number of hydrogen-bond acceptors (Lipinski definition) is 6. The summed E-state index contributed by atoms with van der Waals surface area (Å²) in [4.78, 5) is 16.7. The number of esters is 1. The molecule has 0 aliphatic heterocycles. The van der Waals surface area contributed by atoms with E-state index in [2.05, 4.69) is 10.3 Å². The minimum absolute atomic E-state index is 0.119. The van der Waals surface area contributed by atoms with Gasteiger partial charge >= 0.3 is 12.1 Å². The number of benzene rings is 2. The molecule has 3 aromatic rings. The van der Waals surface area contributed by atoms with Gasteiger partial charge in [0.1, 0.15) is 5.75 Å². The number of nitrogens with zero attached hydrogens (tertiary/aromatic N) is 1. The van der Waals surface area contributed by atoms with Crippen molar-refractivity contribution in [2.75, 3.05) is 13.7 Å². The summed E-state index contributed by atoms with van der Waals surface area (Å²) in [5.74, 6) is -0.122. The van der Waals surface area contributed by atoms with E-state index in [-0.39, 0.29) is 12.6 Å². The van der Waals surface area contributed by atoms with E-state index in [0.717, 1.165) is 22.7 Å². The van der Waals surface area contributed by atoms with Crippen LogP contribution in [-0.2, 0) is 22.1 Å². The van der Waals surface area contributed by atoms with Crippen LogP contribution < -0.4 is 10.1 Å². The number of hydrogen-bond donors (Lipinski definition) is 1. The van der Waals surface area contributed by atoms with E-state index in [9.17, 15) is 18.0 Å². The molecule has 0 radical (unpaired) electrons. The van der Waals surface area contributed by atoms with Gasteiger partial charge in [0.15, 0.2) is 5.60 Å². The van der Waals surface area contributed by atoms with E-state index in [1.807, 2.05) is 18.5 Å². The topological polar surface area (TPSA) is 60.5 Å². The van der Waals surface area contributed by atoms with Crippen LogP contribution >= 0.6 is 22.9 Å². The molecular weight excluding hydrogens is 501 g/mol. The Balaban J connectivity index is 1.73. The lowest BCUT2D eigenvalue weighted by Crippen LogP contribution is -2.39. The summed E-state index contributed by atoms with van der Waals surface area (Å²) in [5, 5.41) is 6.23. The van der Waals surface area contributed by atoms with Crippen LogP contribution in [0.2, 0.25) is 5.02 Å². The third-order valence-electron chi connectivity index (χ3n) is 5.28. The highest BCUT2D eigenvalue weighted by atomic mass is 35.5. The first-order chi connectivity index (χ1) is 16.4. The summed E-state index contributed by atoms with van der Waals surface area (Å²) < 4.78 is 49.3. The summed E-state index contributed by atoms with van der Waals surface area (Å²) >= 11 is 7.89. The van der Waals surface area contributed by atoms with E-state index in [1.54, 1.807) is 32.9 Å². The van der Waals surface area contributed by atoms with Crippen molar-refractivity contribution in [2.45, 2.75) is 45.0 Å². The Hall–Kier alpha value is -2.62. The molecule has 1 N–H and O–H groups in total. The lowest BCUT2D eigenvalue weighted by Gasteiger charge is -2.25. The first-order valence-corrected chi connectivity index (χ1v) is 12.2. The minimum atomic E-state index is -4.37. The zero-order chi connectivity index (χ0) is 25.8. The Morgan fingerprint density at radius 3 is 2.43 bits per heavy atom.